The number of carbonyl (C=O) groups is 1. The van der Waals surface area contributed by atoms with Gasteiger partial charge in [0.05, 0.1) is 12.2 Å². The fourth-order valence-corrected chi connectivity index (χ4v) is 8.47. The normalized spacial score (nSPS) is 50.6. The zero-order valence-electron chi connectivity index (χ0n) is 17.0. The van der Waals surface area contributed by atoms with Crippen LogP contribution in [0.5, 0.6) is 0 Å². The molecule has 4 saturated carbocycles. The molecule has 0 amide bonds. The monoisotopic (exact) mass is 362 g/mol. The molecule has 26 heavy (non-hydrogen) atoms. The van der Waals surface area contributed by atoms with Gasteiger partial charge in [0.1, 0.15) is 5.78 Å². The van der Waals surface area contributed by atoms with E-state index in [1.807, 2.05) is 6.92 Å². The highest BCUT2D eigenvalue weighted by atomic mass is 16.5. The molecule has 0 aromatic rings. The third-order valence-electron chi connectivity index (χ3n) is 9.38. The molecule has 0 unspecified atom stereocenters. The fourth-order valence-electron chi connectivity index (χ4n) is 8.47. The van der Waals surface area contributed by atoms with Crippen molar-refractivity contribution in [3.8, 4) is 0 Å². The van der Waals surface area contributed by atoms with Crippen molar-refractivity contribution in [1.82, 2.24) is 0 Å². The predicted octanol–water partition coefficient (Wildman–Crippen LogP) is 4.61. The highest BCUT2D eigenvalue weighted by molar-refractivity contribution is 5.79. The summed E-state index contributed by atoms with van der Waals surface area (Å²) in [7, 11) is 1.71. The zero-order chi connectivity index (χ0) is 18.5. The summed E-state index contributed by atoms with van der Waals surface area (Å²) in [4.78, 5) is 12.3. The quantitative estimate of drug-likeness (QED) is 0.794. The number of aliphatic hydroxyl groups is 1. The summed E-state index contributed by atoms with van der Waals surface area (Å²) in [6.45, 7) is 4.67. The zero-order valence-corrected chi connectivity index (χ0v) is 17.0. The molecule has 0 aromatic carbocycles. The van der Waals surface area contributed by atoms with Gasteiger partial charge in [0.15, 0.2) is 0 Å². The van der Waals surface area contributed by atoms with Gasteiger partial charge in [-0.1, -0.05) is 6.92 Å². The number of hydrogen-bond acceptors (Lipinski definition) is 3. The molecule has 148 valence electrons. The van der Waals surface area contributed by atoms with Crippen LogP contribution in [0.25, 0.3) is 0 Å². The van der Waals surface area contributed by atoms with Gasteiger partial charge in [-0.2, -0.15) is 0 Å². The van der Waals surface area contributed by atoms with Crippen LogP contribution in [0.4, 0.5) is 0 Å². The molecular formula is C23H38O3. The maximum Gasteiger partial charge on any atom is 0.133 e. The second kappa shape index (κ2) is 6.88. The van der Waals surface area contributed by atoms with Crippen LogP contribution in [0.2, 0.25) is 0 Å². The van der Waals surface area contributed by atoms with E-state index in [1.54, 1.807) is 7.11 Å². The molecule has 3 heteroatoms. The van der Waals surface area contributed by atoms with E-state index in [-0.39, 0.29) is 0 Å². The Balaban J connectivity index is 1.53. The van der Waals surface area contributed by atoms with E-state index < -0.39 is 5.60 Å². The summed E-state index contributed by atoms with van der Waals surface area (Å²) in [5.74, 6) is 4.72. The number of rotatable bonds is 4. The van der Waals surface area contributed by atoms with E-state index in [0.717, 1.165) is 42.9 Å². The highest BCUT2D eigenvalue weighted by Crippen LogP contribution is 2.65. The van der Waals surface area contributed by atoms with Crippen LogP contribution in [-0.2, 0) is 9.53 Å². The lowest BCUT2D eigenvalue weighted by molar-refractivity contribution is -0.137. The van der Waals surface area contributed by atoms with Crippen LogP contribution < -0.4 is 0 Å². The lowest BCUT2D eigenvalue weighted by Crippen LogP contribution is -2.52. The van der Waals surface area contributed by atoms with Gasteiger partial charge in [0.25, 0.3) is 0 Å². The fraction of sp³-hybridized carbons (Fsp3) is 0.957. The average Bonchev–Trinajstić information content (AvgIpc) is 3.01. The lowest BCUT2D eigenvalue weighted by Gasteiger charge is -2.57. The average molecular weight is 363 g/mol. The summed E-state index contributed by atoms with van der Waals surface area (Å²) in [6, 6.07) is 0. The van der Waals surface area contributed by atoms with E-state index in [9.17, 15) is 9.90 Å². The molecule has 0 radical (unpaired) electrons. The van der Waals surface area contributed by atoms with Crippen molar-refractivity contribution < 1.29 is 14.6 Å². The third kappa shape index (κ3) is 2.80. The maximum absolute atomic E-state index is 12.3. The molecule has 0 bridgehead atoms. The first-order valence-electron chi connectivity index (χ1n) is 11.2. The van der Waals surface area contributed by atoms with Crippen molar-refractivity contribution in [2.45, 2.75) is 83.7 Å². The minimum atomic E-state index is -0.586. The number of ketones is 1. The number of carbonyl (C=O) groups excluding carboxylic acids is 1. The number of fused-ring (bicyclic) bond motifs is 5. The van der Waals surface area contributed by atoms with E-state index in [0.29, 0.717) is 29.6 Å². The first-order valence-corrected chi connectivity index (χ1v) is 11.2. The van der Waals surface area contributed by atoms with Crippen molar-refractivity contribution in [3.05, 3.63) is 0 Å². The second-order valence-electron chi connectivity index (χ2n) is 10.2. The van der Waals surface area contributed by atoms with Gasteiger partial charge in [0, 0.05) is 13.0 Å². The van der Waals surface area contributed by atoms with Crippen LogP contribution in [0.1, 0.15) is 78.1 Å². The Morgan fingerprint density at radius 3 is 2.50 bits per heavy atom. The molecule has 4 aliphatic carbocycles. The van der Waals surface area contributed by atoms with Gasteiger partial charge in [-0.3, -0.25) is 4.79 Å². The highest BCUT2D eigenvalue weighted by Gasteiger charge is 2.59. The van der Waals surface area contributed by atoms with Gasteiger partial charge in [-0.25, -0.2) is 0 Å². The van der Waals surface area contributed by atoms with Gasteiger partial charge >= 0.3 is 0 Å². The summed E-state index contributed by atoms with van der Waals surface area (Å²) in [5.41, 5.74) is -0.275. The van der Waals surface area contributed by atoms with Crippen LogP contribution in [0.3, 0.4) is 0 Å². The number of methoxy groups -OCH3 is 1. The van der Waals surface area contributed by atoms with E-state index in [2.05, 4.69) is 6.92 Å². The van der Waals surface area contributed by atoms with Crippen LogP contribution in [0.15, 0.2) is 0 Å². The van der Waals surface area contributed by atoms with E-state index in [4.69, 9.17) is 4.74 Å². The smallest absolute Gasteiger partial charge is 0.133 e. The topological polar surface area (TPSA) is 46.5 Å². The standard InChI is InChI=1S/C23H38O3/c1-4-23-12-10-18-17-9-11-22(25,14-26-3)13-16(17)5-6-19(18)21(23)8-7-20(23)15(2)24/h16-21,25H,4-14H2,1-3H3/t16-,17+,18-,19-,20-,21+,22-,23-/m1/s1. The van der Waals surface area contributed by atoms with Gasteiger partial charge in [0.2, 0.25) is 0 Å². The number of ether oxygens (including phenoxy) is 1. The summed E-state index contributed by atoms with van der Waals surface area (Å²) in [6.07, 6.45) is 11.8. The first-order chi connectivity index (χ1) is 12.4. The Hall–Kier alpha value is -0.410. The molecular weight excluding hydrogens is 324 g/mol. The van der Waals surface area contributed by atoms with Gasteiger partial charge in [-0.15, -0.1) is 0 Å². The molecule has 0 aliphatic heterocycles. The third-order valence-corrected chi connectivity index (χ3v) is 9.38. The largest absolute Gasteiger partial charge is 0.387 e. The molecule has 0 saturated heterocycles. The molecule has 8 atom stereocenters. The number of Topliss-reactive ketones (excluding diaryl/α,β-unsaturated/α-hetero) is 1. The molecule has 0 heterocycles. The minimum Gasteiger partial charge on any atom is -0.387 e. The predicted molar refractivity (Wildman–Crippen MR) is 103 cm³/mol. The maximum atomic E-state index is 12.3. The molecule has 4 rings (SSSR count). The lowest BCUT2D eigenvalue weighted by atomic mass is 9.48. The van der Waals surface area contributed by atoms with E-state index in [1.165, 1.54) is 44.9 Å². The Labute approximate surface area is 159 Å². The van der Waals surface area contributed by atoms with Crippen LogP contribution in [0, 0.1) is 40.9 Å². The summed E-state index contributed by atoms with van der Waals surface area (Å²) in [5, 5.41) is 10.9. The first kappa shape index (κ1) is 18.9. The Morgan fingerprint density at radius 1 is 1.04 bits per heavy atom. The SMILES string of the molecule is CC[C@]12CC[C@H]3[C@@H](CC[C@@H]4C[C@@](O)(COC)CC[C@@H]43)[C@@H]1CC[C@@H]2C(C)=O. The molecule has 0 aromatic heterocycles. The summed E-state index contributed by atoms with van der Waals surface area (Å²) < 4.78 is 5.31. The Kier molecular flexibility index (Phi) is 5.01. The molecule has 4 aliphatic rings. The van der Waals surface area contributed by atoms with Crippen molar-refractivity contribution in [2.75, 3.05) is 13.7 Å². The Morgan fingerprint density at radius 2 is 1.81 bits per heavy atom. The van der Waals surface area contributed by atoms with Gasteiger partial charge in [-0.05, 0) is 106 Å². The van der Waals surface area contributed by atoms with Crippen molar-refractivity contribution in [1.29, 1.82) is 0 Å². The van der Waals surface area contributed by atoms with E-state index >= 15 is 0 Å². The van der Waals surface area contributed by atoms with Crippen molar-refractivity contribution in [3.63, 3.8) is 0 Å². The molecule has 0 spiro atoms. The number of hydrogen-bond donors (Lipinski definition) is 1. The minimum absolute atomic E-state index is 0.311. The molecule has 4 fully saturated rings. The molecule has 1 N–H and O–H groups in total. The van der Waals surface area contributed by atoms with Crippen molar-refractivity contribution >= 4 is 5.78 Å². The van der Waals surface area contributed by atoms with Gasteiger partial charge < -0.3 is 9.84 Å². The second-order valence-corrected chi connectivity index (χ2v) is 10.2. The van der Waals surface area contributed by atoms with Crippen LogP contribution in [-0.4, -0.2) is 30.2 Å². The summed E-state index contributed by atoms with van der Waals surface area (Å²) >= 11 is 0. The van der Waals surface area contributed by atoms with Crippen molar-refractivity contribution in [2.24, 2.45) is 40.9 Å². The van der Waals surface area contributed by atoms with Crippen LogP contribution >= 0.6 is 0 Å². The molecule has 3 nitrogen and oxygen atoms in total. The Bertz CT molecular complexity index is 546.